The topological polar surface area (TPSA) is 12.0 Å². The molecule has 0 fully saturated rings. The molecule has 0 rings (SSSR count). The number of nitrogens with one attached hydrogen (secondary N) is 1. The summed E-state index contributed by atoms with van der Waals surface area (Å²) in [6, 6.07) is -0.0880. The lowest BCUT2D eigenvalue weighted by Gasteiger charge is -2.23. The Kier molecular flexibility index (Phi) is 3.93. The van der Waals surface area contributed by atoms with E-state index in [1.165, 1.54) is 0 Å². The number of rotatable bonds is 4. The van der Waals surface area contributed by atoms with Crippen LogP contribution in [-0.4, -0.2) is 19.0 Å². The molecule has 0 aromatic rings. The second-order valence-electron chi connectivity index (χ2n) is 3.41. The minimum absolute atomic E-state index is 0.0822. The largest absolute Gasteiger partial charge is 0.317 e. The Morgan fingerprint density at radius 2 is 1.82 bits per heavy atom. The smallest absolute Gasteiger partial charge is 0.246 e. The fourth-order valence-corrected chi connectivity index (χ4v) is 1.06. The second-order valence-corrected chi connectivity index (χ2v) is 3.41. The standard InChI is InChI=1S/C8H17F2N/c1-6(2)7(11-4)5-8(3,9)10/h6-7,11H,5H2,1-4H3. The molecular weight excluding hydrogens is 148 g/mol. The molecule has 0 aromatic heterocycles. The van der Waals surface area contributed by atoms with Gasteiger partial charge in [0.2, 0.25) is 5.92 Å². The molecule has 0 saturated heterocycles. The van der Waals surface area contributed by atoms with Crippen LogP contribution >= 0.6 is 0 Å². The number of hydrogen-bond acceptors (Lipinski definition) is 1. The lowest BCUT2D eigenvalue weighted by molar-refractivity contribution is -0.00138. The Morgan fingerprint density at radius 1 is 1.36 bits per heavy atom. The highest BCUT2D eigenvalue weighted by Crippen LogP contribution is 2.21. The van der Waals surface area contributed by atoms with Crippen molar-refractivity contribution in [2.75, 3.05) is 7.05 Å². The first-order chi connectivity index (χ1) is 4.87. The van der Waals surface area contributed by atoms with Crippen molar-refractivity contribution in [2.24, 2.45) is 5.92 Å². The van der Waals surface area contributed by atoms with Gasteiger partial charge < -0.3 is 5.32 Å². The summed E-state index contributed by atoms with van der Waals surface area (Å²) in [5.41, 5.74) is 0. The molecule has 0 aliphatic heterocycles. The molecule has 0 aliphatic carbocycles. The third-order valence-corrected chi connectivity index (χ3v) is 1.75. The summed E-state index contributed by atoms with van der Waals surface area (Å²) >= 11 is 0. The maximum atomic E-state index is 12.5. The van der Waals surface area contributed by atoms with Crippen molar-refractivity contribution in [3.8, 4) is 0 Å². The Labute approximate surface area is 67.2 Å². The van der Waals surface area contributed by atoms with Gasteiger partial charge in [0.25, 0.3) is 0 Å². The predicted molar refractivity (Wildman–Crippen MR) is 42.9 cm³/mol. The van der Waals surface area contributed by atoms with Crippen molar-refractivity contribution in [3.05, 3.63) is 0 Å². The van der Waals surface area contributed by atoms with Gasteiger partial charge in [-0.05, 0) is 19.9 Å². The predicted octanol–water partition coefficient (Wildman–Crippen LogP) is 2.28. The van der Waals surface area contributed by atoms with E-state index in [1.807, 2.05) is 13.8 Å². The third kappa shape index (κ3) is 5.13. The average molecular weight is 165 g/mol. The fraction of sp³-hybridized carbons (Fsp3) is 1.00. The summed E-state index contributed by atoms with van der Waals surface area (Å²) in [7, 11) is 1.72. The van der Waals surface area contributed by atoms with E-state index < -0.39 is 5.92 Å². The molecular formula is C8H17F2N. The van der Waals surface area contributed by atoms with Crippen LogP contribution in [0.25, 0.3) is 0 Å². The third-order valence-electron chi connectivity index (χ3n) is 1.75. The Bertz CT molecular complexity index is 107. The van der Waals surface area contributed by atoms with Crippen LogP contribution in [-0.2, 0) is 0 Å². The normalized spacial score (nSPS) is 15.5. The van der Waals surface area contributed by atoms with E-state index in [-0.39, 0.29) is 18.4 Å². The van der Waals surface area contributed by atoms with E-state index in [2.05, 4.69) is 5.32 Å². The van der Waals surface area contributed by atoms with Crippen LogP contribution in [0.1, 0.15) is 27.2 Å². The molecule has 1 atom stereocenters. The minimum atomic E-state index is -2.56. The molecule has 68 valence electrons. The molecule has 1 N–H and O–H groups in total. The highest BCUT2D eigenvalue weighted by atomic mass is 19.3. The average Bonchev–Trinajstić information content (AvgIpc) is 1.80. The molecule has 0 amide bonds. The number of alkyl halides is 2. The van der Waals surface area contributed by atoms with Crippen molar-refractivity contribution in [3.63, 3.8) is 0 Å². The van der Waals surface area contributed by atoms with Crippen LogP contribution in [0, 0.1) is 5.92 Å². The molecule has 0 radical (unpaired) electrons. The maximum Gasteiger partial charge on any atom is 0.246 e. The monoisotopic (exact) mass is 165 g/mol. The van der Waals surface area contributed by atoms with Crippen LogP contribution < -0.4 is 5.32 Å². The van der Waals surface area contributed by atoms with E-state index in [0.717, 1.165) is 6.92 Å². The second kappa shape index (κ2) is 4.00. The van der Waals surface area contributed by atoms with Gasteiger partial charge in [0.15, 0.2) is 0 Å². The molecule has 11 heavy (non-hydrogen) atoms. The summed E-state index contributed by atoms with van der Waals surface area (Å²) in [6.07, 6.45) is -0.0822. The van der Waals surface area contributed by atoms with E-state index in [9.17, 15) is 8.78 Å². The molecule has 1 unspecified atom stereocenters. The van der Waals surface area contributed by atoms with Gasteiger partial charge >= 0.3 is 0 Å². The zero-order chi connectivity index (χ0) is 9.07. The van der Waals surface area contributed by atoms with Gasteiger partial charge in [0, 0.05) is 12.5 Å². The van der Waals surface area contributed by atoms with Crippen molar-refractivity contribution >= 4 is 0 Å². The van der Waals surface area contributed by atoms with Crippen LogP contribution in [0.2, 0.25) is 0 Å². The van der Waals surface area contributed by atoms with Crippen LogP contribution in [0.15, 0.2) is 0 Å². The van der Waals surface area contributed by atoms with Gasteiger partial charge in [-0.25, -0.2) is 8.78 Å². The minimum Gasteiger partial charge on any atom is -0.317 e. The Hall–Kier alpha value is -0.180. The first-order valence-corrected chi connectivity index (χ1v) is 3.92. The zero-order valence-corrected chi connectivity index (χ0v) is 7.62. The van der Waals surface area contributed by atoms with Crippen LogP contribution in [0.4, 0.5) is 8.78 Å². The summed E-state index contributed by atoms with van der Waals surface area (Å²) in [6.45, 7) is 4.83. The number of hydrogen-bond donors (Lipinski definition) is 1. The molecule has 0 bridgehead atoms. The zero-order valence-electron chi connectivity index (χ0n) is 7.62. The first-order valence-electron chi connectivity index (χ1n) is 3.92. The van der Waals surface area contributed by atoms with Gasteiger partial charge in [-0.1, -0.05) is 13.8 Å². The molecule has 3 heteroatoms. The summed E-state index contributed by atoms with van der Waals surface area (Å²) in [5, 5.41) is 2.88. The van der Waals surface area contributed by atoms with Crippen LogP contribution in [0.3, 0.4) is 0 Å². The van der Waals surface area contributed by atoms with E-state index in [1.54, 1.807) is 7.05 Å². The van der Waals surface area contributed by atoms with Gasteiger partial charge in [-0.2, -0.15) is 0 Å². The lowest BCUT2D eigenvalue weighted by Crippen LogP contribution is -2.35. The fourth-order valence-electron chi connectivity index (χ4n) is 1.06. The maximum absolute atomic E-state index is 12.5. The highest BCUT2D eigenvalue weighted by molar-refractivity contribution is 4.74. The molecule has 1 nitrogen and oxygen atoms in total. The quantitative estimate of drug-likeness (QED) is 0.673. The summed E-state index contributed by atoms with van der Waals surface area (Å²) < 4.78 is 25.0. The highest BCUT2D eigenvalue weighted by Gasteiger charge is 2.27. The summed E-state index contributed by atoms with van der Waals surface area (Å²) in [4.78, 5) is 0. The Morgan fingerprint density at radius 3 is 1.91 bits per heavy atom. The number of halogens is 2. The van der Waals surface area contributed by atoms with Gasteiger partial charge in [-0.3, -0.25) is 0 Å². The first kappa shape index (κ1) is 10.8. The van der Waals surface area contributed by atoms with Crippen molar-refractivity contribution in [1.29, 1.82) is 0 Å². The van der Waals surface area contributed by atoms with Gasteiger partial charge in [0.1, 0.15) is 0 Å². The van der Waals surface area contributed by atoms with E-state index in [4.69, 9.17) is 0 Å². The molecule has 0 aromatic carbocycles. The summed E-state index contributed by atoms with van der Waals surface area (Å²) in [5.74, 6) is -2.30. The molecule has 0 saturated carbocycles. The molecule has 0 spiro atoms. The van der Waals surface area contributed by atoms with Crippen LogP contribution in [0.5, 0.6) is 0 Å². The van der Waals surface area contributed by atoms with E-state index >= 15 is 0 Å². The van der Waals surface area contributed by atoms with Crippen molar-refractivity contribution < 1.29 is 8.78 Å². The lowest BCUT2D eigenvalue weighted by atomic mass is 9.98. The van der Waals surface area contributed by atoms with Crippen molar-refractivity contribution in [2.45, 2.75) is 39.2 Å². The van der Waals surface area contributed by atoms with Crippen molar-refractivity contribution in [1.82, 2.24) is 5.32 Å². The molecule has 0 aliphatic rings. The van der Waals surface area contributed by atoms with E-state index in [0.29, 0.717) is 0 Å². The SMILES string of the molecule is CNC(CC(C)(F)F)C(C)C. The van der Waals surface area contributed by atoms with Gasteiger partial charge in [0.05, 0.1) is 0 Å². The van der Waals surface area contributed by atoms with Gasteiger partial charge in [-0.15, -0.1) is 0 Å². The molecule has 0 heterocycles. The Balaban J connectivity index is 3.88.